The first-order chi connectivity index (χ1) is 14.9. The third kappa shape index (κ3) is 5.03. The number of amides is 1. The molecule has 1 atom stereocenters. The molecule has 0 aliphatic heterocycles. The van der Waals surface area contributed by atoms with Crippen LogP contribution in [0, 0.1) is 7.14 Å². The van der Waals surface area contributed by atoms with Crippen LogP contribution in [0.25, 0.3) is 11.1 Å². The van der Waals surface area contributed by atoms with E-state index in [1.807, 2.05) is 54.6 Å². The second kappa shape index (κ2) is 9.56. The van der Waals surface area contributed by atoms with Gasteiger partial charge in [0.2, 0.25) is 0 Å². The van der Waals surface area contributed by atoms with Crippen LogP contribution in [0.5, 0.6) is 0 Å². The number of hydrogen-bond donors (Lipinski definition) is 2. The Morgan fingerprint density at radius 1 is 0.935 bits per heavy atom. The standard InChI is InChI=1S/C24H19I2NO4/c25-15-9-14(10-16(26)12-15)11-22(23(28)29)27-24(30)31-13-21-19-7-3-1-5-17(19)18-6-2-4-8-20(18)21/h1-10,12,21-22H,11,13H2,(H,27,30)(H,28,29)/t22-/m0/s1. The van der Waals surface area contributed by atoms with Gasteiger partial charge in [0.05, 0.1) is 0 Å². The average Bonchev–Trinajstić information content (AvgIpc) is 3.05. The molecular weight excluding hydrogens is 620 g/mol. The van der Waals surface area contributed by atoms with Gasteiger partial charge >= 0.3 is 12.1 Å². The lowest BCUT2D eigenvalue weighted by Crippen LogP contribution is -2.43. The van der Waals surface area contributed by atoms with Crippen molar-refractivity contribution in [3.8, 4) is 11.1 Å². The Morgan fingerprint density at radius 2 is 1.48 bits per heavy atom. The molecule has 0 spiro atoms. The summed E-state index contributed by atoms with van der Waals surface area (Å²) in [5.74, 6) is -1.17. The summed E-state index contributed by atoms with van der Waals surface area (Å²) in [7, 11) is 0. The van der Waals surface area contributed by atoms with Gasteiger partial charge in [-0.15, -0.1) is 0 Å². The number of halogens is 2. The minimum absolute atomic E-state index is 0.0706. The fraction of sp³-hybridized carbons (Fsp3) is 0.167. The van der Waals surface area contributed by atoms with Gasteiger partial charge in [-0.25, -0.2) is 9.59 Å². The number of carboxylic acid groups (broad SMARTS) is 1. The van der Waals surface area contributed by atoms with Crippen LogP contribution >= 0.6 is 45.2 Å². The number of ether oxygens (including phenoxy) is 1. The number of hydrogen-bond acceptors (Lipinski definition) is 3. The van der Waals surface area contributed by atoms with Crippen LogP contribution in [0.2, 0.25) is 0 Å². The summed E-state index contributed by atoms with van der Waals surface area (Å²) in [6, 6.07) is 20.9. The van der Waals surface area contributed by atoms with E-state index in [1.165, 1.54) is 0 Å². The summed E-state index contributed by atoms with van der Waals surface area (Å²) in [6.07, 6.45) is -0.540. The molecule has 0 fully saturated rings. The van der Waals surface area contributed by atoms with E-state index in [0.29, 0.717) is 0 Å². The smallest absolute Gasteiger partial charge is 0.407 e. The third-order valence-electron chi connectivity index (χ3n) is 5.30. The molecule has 5 nitrogen and oxygen atoms in total. The fourth-order valence-corrected chi connectivity index (χ4v) is 6.01. The Balaban J connectivity index is 1.44. The van der Waals surface area contributed by atoms with Crippen LogP contribution in [0.3, 0.4) is 0 Å². The van der Waals surface area contributed by atoms with E-state index in [2.05, 4.69) is 62.6 Å². The molecule has 158 valence electrons. The van der Waals surface area contributed by atoms with Crippen molar-refractivity contribution in [3.05, 3.63) is 90.6 Å². The molecule has 2 N–H and O–H groups in total. The van der Waals surface area contributed by atoms with Crippen molar-refractivity contribution < 1.29 is 19.4 Å². The Hall–Kier alpha value is -2.14. The number of carboxylic acids is 1. The first kappa shape index (κ1) is 22.1. The van der Waals surface area contributed by atoms with Gasteiger partial charge in [-0.05, 0) is 91.2 Å². The van der Waals surface area contributed by atoms with Gasteiger partial charge in [0.15, 0.2) is 0 Å². The molecule has 1 aliphatic carbocycles. The molecule has 3 aromatic rings. The van der Waals surface area contributed by atoms with Gasteiger partial charge in [-0.1, -0.05) is 48.5 Å². The minimum atomic E-state index is -1.10. The van der Waals surface area contributed by atoms with E-state index < -0.39 is 18.1 Å². The monoisotopic (exact) mass is 639 g/mol. The van der Waals surface area contributed by atoms with Gasteiger partial charge in [-0.3, -0.25) is 0 Å². The molecule has 0 heterocycles. The Bertz CT molecular complexity index is 1080. The number of aliphatic carboxylic acids is 1. The summed E-state index contributed by atoms with van der Waals surface area (Å²) in [5, 5.41) is 12.1. The van der Waals surface area contributed by atoms with E-state index >= 15 is 0 Å². The zero-order valence-corrected chi connectivity index (χ0v) is 20.7. The zero-order chi connectivity index (χ0) is 22.0. The summed E-state index contributed by atoms with van der Waals surface area (Å²) >= 11 is 4.38. The maximum absolute atomic E-state index is 12.5. The first-order valence-electron chi connectivity index (χ1n) is 9.71. The average molecular weight is 639 g/mol. The number of nitrogens with one attached hydrogen (secondary N) is 1. The van der Waals surface area contributed by atoms with Gasteiger partial charge in [0, 0.05) is 19.5 Å². The molecule has 0 saturated carbocycles. The summed E-state index contributed by atoms with van der Waals surface area (Å²) in [5.41, 5.74) is 5.36. The van der Waals surface area contributed by atoms with E-state index in [-0.39, 0.29) is 18.9 Å². The van der Waals surface area contributed by atoms with Gasteiger partial charge in [0.25, 0.3) is 0 Å². The van der Waals surface area contributed by atoms with Crippen LogP contribution in [0.1, 0.15) is 22.6 Å². The van der Waals surface area contributed by atoms with Crippen molar-refractivity contribution in [2.75, 3.05) is 6.61 Å². The summed E-state index contributed by atoms with van der Waals surface area (Å²) < 4.78 is 7.53. The van der Waals surface area contributed by atoms with Crippen LogP contribution in [0.4, 0.5) is 4.79 Å². The van der Waals surface area contributed by atoms with Crippen LogP contribution < -0.4 is 5.32 Å². The molecular formula is C24H19I2NO4. The molecule has 31 heavy (non-hydrogen) atoms. The van der Waals surface area contributed by atoms with Crippen molar-refractivity contribution in [1.82, 2.24) is 5.32 Å². The SMILES string of the molecule is O=C(N[C@@H](Cc1cc(I)cc(I)c1)C(=O)O)OCC1c2ccccc2-c2ccccc21. The molecule has 0 saturated heterocycles. The normalized spacial score (nSPS) is 13.2. The number of carbonyl (C=O) groups is 2. The quantitative estimate of drug-likeness (QED) is 0.353. The molecule has 0 unspecified atom stereocenters. The Labute approximate surface area is 207 Å². The summed E-state index contributed by atoms with van der Waals surface area (Å²) in [4.78, 5) is 24.2. The summed E-state index contributed by atoms with van der Waals surface area (Å²) in [6.45, 7) is 0.146. The second-order valence-electron chi connectivity index (χ2n) is 7.34. The van der Waals surface area contributed by atoms with Crippen LogP contribution in [-0.4, -0.2) is 29.8 Å². The van der Waals surface area contributed by atoms with Crippen molar-refractivity contribution in [3.63, 3.8) is 0 Å². The molecule has 0 bridgehead atoms. The topological polar surface area (TPSA) is 75.6 Å². The molecule has 3 aromatic carbocycles. The predicted molar refractivity (Wildman–Crippen MR) is 135 cm³/mol. The zero-order valence-electron chi connectivity index (χ0n) is 16.3. The van der Waals surface area contributed by atoms with Crippen molar-refractivity contribution in [1.29, 1.82) is 0 Å². The molecule has 1 aliphatic rings. The molecule has 0 aromatic heterocycles. The Morgan fingerprint density at radius 3 is 2.03 bits per heavy atom. The fourth-order valence-electron chi connectivity index (χ4n) is 3.95. The molecule has 1 amide bonds. The minimum Gasteiger partial charge on any atom is -0.480 e. The van der Waals surface area contributed by atoms with Gasteiger partial charge in [-0.2, -0.15) is 0 Å². The number of benzene rings is 3. The number of carbonyl (C=O) groups excluding carboxylic acids is 1. The van der Waals surface area contributed by atoms with E-state index in [0.717, 1.165) is 35.0 Å². The number of alkyl carbamates (subject to hydrolysis) is 1. The third-order valence-corrected chi connectivity index (χ3v) is 6.54. The lowest BCUT2D eigenvalue weighted by atomic mass is 9.98. The second-order valence-corrected chi connectivity index (χ2v) is 9.83. The van der Waals surface area contributed by atoms with Gasteiger partial charge < -0.3 is 15.2 Å². The maximum Gasteiger partial charge on any atom is 0.407 e. The largest absolute Gasteiger partial charge is 0.480 e. The lowest BCUT2D eigenvalue weighted by molar-refractivity contribution is -0.139. The first-order valence-corrected chi connectivity index (χ1v) is 11.9. The van der Waals surface area contributed by atoms with E-state index in [1.54, 1.807) is 0 Å². The predicted octanol–water partition coefficient (Wildman–Crippen LogP) is 5.43. The van der Waals surface area contributed by atoms with Crippen LogP contribution in [0.15, 0.2) is 66.7 Å². The Kier molecular flexibility index (Phi) is 6.80. The lowest BCUT2D eigenvalue weighted by Gasteiger charge is -2.18. The molecule has 4 rings (SSSR count). The molecule has 0 radical (unpaired) electrons. The van der Waals surface area contributed by atoms with E-state index in [4.69, 9.17) is 4.74 Å². The highest BCUT2D eigenvalue weighted by molar-refractivity contribution is 14.1. The number of rotatable bonds is 6. The molecule has 7 heteroatoms. The van der Waals surface area contributed by atoms with Crippen molar-refractivity contribution in [2.45, 2.75) is 18.4 Å². The van der Waals surface area contributed by atoms with E-state index in [9.17, 15) is 14.7 Å². The highest BCUT2D eigenvalue weighted by Gasteiger charge is 2.29. The van der Waals surface area contributed by atoms with Gasteiger partial charge in [0.1, 0.15) is 12.6 Å². The maximum atomic E-state index is 12.5. The highest BCUT2D eigenvalue weighted by atomic mass is 127. The van der Waals surface area contributed by atoms with Crippen LogP contribution in [-0.2, 0) is 16.0 Å². The van der Waals surface area contributed by atoms with Crippen molar-refractivity contribution >= 4 is 57.2 Å². The van der Waals surface area contributed by atoms with Crippen molar-refractivity contribution in [2.24, 2.45) is 0 Å². The highest BCUT2D eigenvalue weighted by Crippen LogP contribution is 2.44. The number of fused-ring (bicyclic) bond motifs is 3.